The molecule has 0 spiro atoms. The van der Waals surface area contributed by atoms with Crippen LogP contribution in [0.3, 0.4) is 0 Å². The number of rotatable bonds is 7. The van der Waals surface area contributed by atoms with Gasteiger partial charge in [-0.15, -0.1) is 0 Å². The Labute approximate surface area is 165 Å². The van der Waals surface area contributed by atoms with Crippen LogP contribution in [0.5, 0.6) is 11.5 Å². The number of hydrogen-bond donors (Lipinski definition) is 1. The Morgan fingerprint density at radius 3 is 2.18 bits per heavy atom. The Hall–Kier alpha value is -3.02. The van der Waals surface area contributed by atoms with Gasteiger partial charge in [-0.3, -0.25) is 9.59 Å². The van der Waals surface area contributed by atoms with Gasteiger partial charge in [-0.05, 0) is 56.2 Å². The predicted molar refractivity (Wildman–Crippen MR) is 107 cm³/mol. The van der Waals surface area contributed by atoms with Crippen molar-refractivity contribution in [3.8, 4) is 11.5 Å². The topological polar surface area (TPSA) is 67.9 Å². The minimum Gasteiger partial charge on any atom is -0.494 e. The molecule has 0 radical (unpaired) electrons. The van der Waals surface area contributed by atoms with Crippen LogP contribution in [0.25, 0.3) is 0 Å². The molecule has 2 amide bonds. The molecule has 0 aromatic heterocycles. The van der Waals surface area contributed by atoms with Gasteiger partial charge in [-0.1, -0.05) is 18.2 Å². The summed E-state index contributed by atoms with van der Waals surface area (Å²) in [5.41, 5.74) is 0.703. The highest BCUT2D eigenvalue weighted by molar-refractivity contribution is 5.94. The van der Waals surface area contributed by atoms with Crippen LogP contribution in [0.2, 0.25) is 0 Å². The van der Waals surface area contributed by atoms with E-state index in [-0.39, 0.29) is 24.5 Å². The number of likely N-dealkylation sites (tertiary alicyclic amines) is 1. The average Bonchev–Trinajstić information content (AvgIpc) is 2.74. The van der Waals surface area contributed by atoms with Crippen molar-refractivity contribution < 1.29 is 19.1 Å². The first kappa shape index (κ1) is 19.7. The smallest absolute Gasteiger partial charge is 0.258 e. The van der Waals surface area contributed by atoms with Crippen molar-refractivity contribution in [1.82, 2.24) is 10.2 Å². The van der Waals surface area contributed by atoms with Gasteiger partial charge in [0.2, 0.25) is 0 Å². The zero-order valence-electron chi connectivity index (χ0n) is 16.1. The fraction of sp³-hybridized carbons (Fsp3) is 0.364. The van der Waals surface area contributed by atoms with Crippen LogP contribution in [-0.2, 0) is 4.79 Å². The van der Waals surface area contributed by atoms with Crippen LogP contribution in [0, 0.1) is 0 Å². The van der Waals surface area contributed by atoms with Crippen LogP contribution in [0.1, 0.15) is 30.1 Å². The molecule has 0 unspecified atom stereocenters. The lowest BCUT2D eigenvalue weighted by atomic mass is 10.0. The Kier molecular flexibility index (Phi) is 6.89. The van der Waals surface area contributed by atoms with Crippen LogP contribution in [0.15, 0.2) is 54.6 Å². The Morgan fingerprint density at radius 2 is 1.57 bits per heavy atom. The number of hydrogen-bond acceptors (Lipinski definition) is 4. The van der Waals surface area contributed by atoms with Crippen molar-refractivity contribution in [2.24, 2.45) is 0 Å². The maximum absolute atomic E-state index is 12.5. The third-order valence-corrected chi connectivity index (χ3v) is 4.67. The van der Waals surface area contributed by atoms with E-state index in [0.717, 1.165) is 18.6 Å². The standard InChI is InChI=1S/C22H26N2O4/c1-2-27-19-8-10-20(11-9-19)28-16-21(25)23-18-12-14-24(15-13-18)22(26)17-6-4-3-5-7-17/h3-11,18H,2,12-16H2,1H3,(H,23,25). The lowest BCUT2D eigenvalue weighted by Crippen LogP contribution is -2.47. The normalized spacial score (nSPS) is 14.4. The molecule has 6 heteroatoms. The second-order valence-corrected chi connectivity index (χ2v) is 6.69. The number of carbonyl (C=O) groups is 2. The van der Waals surface area contributed by atoms with E-state index in [1.165, 1.54) is 0 Å². The highest BCUT2D eigenvalue weighted by atomic mass is 16.5. The Morgan fingerprint density at radius 1 is 0.964 bits per heavy atom. The fourth-order valence-corrected chi connectivity index (χ4v) is 3.21. The van der Waals surface area contributed by atoms with Gasteiger partial charge < -0.3 is 19.7 Å². The molecule has 1 saturated heterocycles. The molecule has 2 aromatic rings. The third kappa shape index (κ3) is 5.49. The second kappa shape index (κ2) is 9.78. The van der Waals surface area contributed by atoms with E-state index in [9.17, 15) is 9.59 Å². The maximum atomic E-state index is 12.5. The van der Waals surface area contributed by atoms with Gasteiger partial charge in [0.05, 0.1) is 6.61 Å². The summed E-state index contributed by atoms with van der Waals surface area (Å²) in [4.78, 5) is 26.5. The monoisotopic (exact) mass is 382 g/mol. The van der Waals surface area contributed by atoms with E-state index in [0.29, 0.717) is 31.0 Å². The number of amides is 2. The minimum absolute atomic E-state index is 0.0306. The minimum atomic E-state index is -0.151. The summed E-state index contributed by atoms with van der Waals surface area (Å²) in [5.74, 6) is 1.30. The molecule has 148 valence electrons. The number of piperidine rings is 1. The summed E-state index contributed by atoms with van der Waals surface area (Å²) in [6.45, 7) is 3.78. The molecule has 1 fully saturated rings. The van der Waals surface area contributed by atoms with Gasteiger partial charge in [0, 0.05) is 24.7 Å². The van der Waals surface area contributed by atoms with Gasteiger partial charge in [0.25, 0.3) is 11.8 Å². The van der Waals surface area contributed by atoms with E-state index in [2.05, 4.69) is 5.32 Å². The van der Waals surface area contributed by atoms with Gasteiger partial charge in [0.15, 0.2) is 6.61 Å². The number of nitrogens with zero attached hydrogens (tertiary/aromatic N) is 1. The van der Waals surface area contributed by atoms with Crippen molar-refractivity contribution in [1.29, 1.82) is 0 Å². The number of nitrogens with one attached hydrogen (secondary N) is 1. The molecule has 6 nitrogen and oxygen atoms in total. The van der Waals surface area contributed by atoms with Crippen LogP contribution < -0.4 is 14.8 Å². The third-order valence-electron chi connectivity index (χ3n) is 4.67. The molecule has 1 aliphatic heterocycles. The first-order chi connectivity index (χ1) is 13.7. The zero-order valence-corrected chi connectivity index (χ0v) is 16.1. The molecule has 1 aliphatic rings. The molecule has 0 atom stereocenters. The molecule has 3 rings (SSSR count). The molecule has 0 saturated carbocycles. The van der Waals surface area contributed by atoms with Gasteiger partial charge >= 0.3 is 0 Å². The first-order valence-corrected chi connectivity index (χ1v) is 9.65. The summed E-state index contributed by atoms with van der Waals surface area (Å²) < 4.78 is 10.9. The number of ether oxygens (including phenoxy) is 2. The van der Waals surface area contributed by atoms with Gasteiger partial charge in [-0.2, -0.15) is 0 Å². The van der Waals surface area contributed by atoms with E-state index in [4.69, 9.17) is 9.47 Å². The average molecular weight is 382 g/mol. The predicted octanol–water partition coefficient (Wildman–Crippen LogP) is 2.89. The van der Waals surface area contributed by atoms with Crippen LogP contribution in [-0.4, -0.2) is 49.1 Å². The highest BCUT2D eigenvalue weighted by Crippen LogP contribution is 2.18. The van der Waals surface area contributed by atoms with Gasteiger partial charge in [0.1, 0.15) is 11.5 Å². The van der Waals surface area contributed by atoms with E-state index in [1.54, 1.807) is 12.1 Å². The second-order valence-electron chi connectivity index (χ2n) is 6.69. The van der Waals surface area contributed by atoms with E-state index in [1.807, 2.05) is 54.3 Å². The van der Waals surface area contributed by atoms with Crippen LogP contribution in [0.4, 0.5) is 0 Å². The summed E-state index contributed by atoms with van der Waals surface area (Å²) in [5, 5.41) is 2.99. The molecular weight excluding hydrogens is 356 g/mol. The number of carbonyl (C=O) groups excluding carboxylic acids is 2. The lowest BCUT2D eigenvalue weighted by molar-refractivity contribution is -0.124. The fourth-order valence-electron chi connectivity index (χ4n) is 3.21. The molecule has 28 heavy (non-hydrogen) atoms. The van der Waals surface area contributed by atoms with Crippen molar-refractivity contribution in [2.75, 3.05) is 26.3 Å². The highest BCUT2D eigenvalue weighted by Gasteiger charge is 2.24. The van der Waals surface area contributed by atoms with Crippen LogP contribution >= 0.6 is 0 Å². The van der Waals surface area contributed by atoms with Crippen molar-refractivity contribution >= 4 is 11.8 Å². The Bertz CT molecular complexity index is 769. The molecular formula is C22H26N2O4. The summed E-state index contributed by atoms with van der Waals surface area (Å²) in [6, 6.07) is 16.5. The number of benzene rings is 2. The van der Waals surface area contributed by atoms with Crippen molar-refractivity contribution in [3.05, 3.63) is 60.2 Å². The molecule has 0 aliphatic carbocycles. The lowest BCUT2D eigenvalue weighted by Gasteiger charge is -2.32. The quantitative estimate of drug-likeness (QED) is 0.800. The zero-order chi connectivity index (χ0) is 19.8. The molecule has 1 heterocycles. The van der Waals surface area contributed by atoms with Gasteiger partial charge in [-0.25, -0.2) is 0 Å². The maximum Gasteiger partial charge on any atom is 0.258 e. The molecule has 0 bridgehead atoms. The summed E-state index contributed by atoms with van der Waals surface area (Å²) >= 11 is 0. The SMILES string of the molecule is CCOc1ccc(OCC(=O)NC2CCN(C(=O)c3ccccc3)CC2)cc1. The Balaban J connectivity index is 1.39. The van der Waals surface area contributed by atoms with E-state index < -0.39 is 0 Å². The summed E-state index contributed by atoms with van der Waals surface area (Å²) in [7, 11) is 0. The summed E-state index contributed by atoms with van der Waals surface area (Å²) in [6.07, 6.45) is 1.49. The first-order valence-electron chi connectivity index (χ1n) is 9.65. The van der Waals surface area contributed by atoms with E-state index >= 15 is 0 Å². The van der Waals surface area contributed by atoms with Crippen molar-refractivity contribution in [3.63, 3.8) is 0 Å². The molecule has 1 N–H and O–H groups in total. The largest absolute Gasteiger partial charge is 0.494 e. The molecule has 2 aromatic carbocycles. The van der Waals surface area contributed by atoms with Crippen molar-refractivity contribution in [2.45, 2.75) is 25.8 Å².